The Kier molecular flexibility index (Phi) is 4.15. The third-order valence-corrected chi connectivity index (χ3v) is 2.33. The van der Waals surface area contributed by atoms with Gasteiger partial charge in [0.15, 0.2) is 0 Å². The molecular formula is C10H15NO4. The van der Waals surface area contributed by atoms with Gasteiger partial charge in [0.1, 0.15) is 6.61 Å². The Morgan fingerprint density at radius 3 is 2.53 bits per heavy atom. The summed E-state index contributed by atoms with van der Waals surface area (Å²) in [6, 6.07) is 0. The van der Waals surface area contributed by atoms with Crippen LogP contribution in [-0.4, -0.2) is 41.8 Å². The van der Waals surface area contributed by atoms with Crippen LogP contribution < -0.4 is 0 Å². The van der Waals surface area contributed by atoms with Gasteiger partial charge in [0.2, 0.25) is 0 Å². The second-order valence-corrected chi connectivity index (χ2v) is 3.43. The Balaban J connectivity index is 2.30. The van der Waals surface area contributed by atoms with Crippen molar-refractivity contribution in [3.05, 3.63) is 11.6 Å². The number of rotatable bonds is 2. The number of nitrogens with zero attached hydrogens (tertiary/aromatic N) is 1. The quantitative estimate of drug-likeness (QED) is 0.553. The Hall–Kier alpha value is -1.52. The molecule has 0 aromatic heterocycles. The normalized spacial score (nSPS) is 16.1. The maximum absolute atomic E-state index is 10.6. The highest BCUT2D eigenvalue weighted by molar-refractivity contribution is 5.66. The molecule has 1 amide bonds. The van der Waals surface area contributed by atoms with Crippen molar-refractivity contribution in [3.8, 4) is 0 Å². The first-order valence-electron chi connectivity index (χ1n) is 4.88. The van der Waals surface area contributed by atoms with Crippen LogP contribution in [0.4, 0.5) is 4.79 Å². The standard InChI is InChI=1S/C10H15NO4/c1-8(12)15-7-4-9-2-5-11(6-3-9)10(13)14/h4H,2-3,5-7H2,1H3,(H,13,14). The SMILES string of the molecule is CC(=O)OCC=C1CCN(C(=O)O)CC1. The van der Waals surface area contributed by atoms with E-state index < -0.39 is 6.09 Å². The summed E-state index contributed by atoms with van der Waals surface area (Å²) in [7, 11) is 0. The Bertz CT molecular complexity index is 275. The Labute approximate surface area is 88.3 Å². The Morgan fingerprint density at radius 2 is 2.07 bits per heavy atom. The topological polar surface area (TPSA) is 66.8 Å². The van der Waals surface area contributed by atoms with E-state index in [1.807, 2.05) is 6.08 Å². The first-order valence-corrected chi connectivity index (χ1v) is 4.88. The van der Waals surface area contributed by atoms with Crippen molar-refractivity contribution < 1.29 is 19.4 Å². The van der Waals surface area contributed by atoms with Crippen LogP contribution in [0.3, 0.4) is 0 Å². The number of carboxylic acid groups (broad SMARTS) is 1. The van der Waals surface area contributed by atoms with Crippen LogP contribution in [-0.2, 0) is 9.53 Å². The molecule has 84 valence electrons. The lowest BCUT2D eigenvalue weighted by molar-refractivity contribution is -0.139. The molecule has 0 bridgehead atoms. The highest BCUT2D eigenvalue weighted by Gasteiger charge is 2.17. The maximum Gasteiger partial charge on any atom is 0.407 e. The zero-order valence-corrected chi connectivity index (χ0v) is 8.73. The van der Waals surface area contributed by atoms with Crippen LogP contribution >= 0.6 is 0 Å². The molecule has 0 radical (unpaired) electrons. The summed E-state index contributed by atoms with van der Waals surface area (Å²) in [5.41, 5.74) is 1.16. The van der Waals surface area contributed by atoms with E-state index in [9.17, 15) is 9.59 Å². The van der Waals surface area contributed by atoms with Crippen LogP contribution in [0.5, 0.6) is 0 Å². The average molecular weight is 213 g/mol. The monoisotopic (exact) mass is 213 g/mol. The van der Waals surface area contributed by atoms with Gasteiger partial charge in [-0.1, -0.05) is 5.57 Å². The van der Waals surface area contributed by atoms with Crippen molar-refractivity contribution in [2.24, 2.45) is 0 Å². The predicted octanol–water partition coefficient (Wildman–Crippen LogP) is 1.25. The van der Waals surface area contributed by atoms with E-state index in [1.165, 1.54) is 11.8 Å². The third kappa shape index (κ3) is 4.01. The molecule has 0 aromatic rings. The molecule has 1 rings (SSSR count). The van der Waals surface area contributed by atoms with Crippen LogP contribution in [0.25, 0.3) is 0 Å². The average Bonchev–Trinajstić information content (AvgIpc) is 2.18. The van der Waals surface area contributed by atoms with E-state index in [2.05, 4.69) is 0 Å². The van der Waals surface area contributed by atoms with Gasteiger partial charge in [-0.25, -0.2) is 4.79 Å². The first kappa shape index (κ1) is 11.6. The fourth-order valence-corrected chi connectivity index (χ4v) is 1.47. The zero-order valence-electron chi connectivity index (χ0n) is 8.73. The number of hydrogen-bond donors (Lipinski definition) is 1. The number of hydrogen-bond acceptors (Lipinski definition) is 3. The van der Waals surface area contributed by atoms with Gasteiger partial charge in [0.25, 0.3) is 0 Å². The zero-order chi connectivity index (χ0) is 11.3. The summed E-state index contributed by atoms with van der Waals surface area (Å²) >= 11 is 0. The molecule has 5 heteroatoms. The number of esters is 1. The van der Waals surface area contributed by atoms with Crippen molar-refractivity contribution >= 4 is 12.1 Å². The van der Waals surface area contributed by atoms with E-state index in [0.29, 0.717) is 13.1 Å². The lowest BCUT2D eigenvalue weighted by atomic mass is 10.0. The smallest absolute Gasteiger partial charge is 0.407 e. The van der Waals surface area contributed by atoms with Gasteiger partial charge >= 0.3 is 12.1 Å². The molecule has 0 aliphatic carbocycles. The molecule has 1 N–H and O–H groups in total. The van der Waals surface area contributed by atoms with E-state index >= 15 is 0 Å². The van der Waals surface area contributed by atoms with Crippen LogP contribution in [0.2, 0.25) is 0 Å². The molecule has 1 saturated heterocycles. The molecule has 15 heavy (non-hydrogen) atoms. The van der Waals surface area contributed by atoms with Crippen LogP contribution in [0.1, 0.15) is 19.8 Å². The maximum atomic E-state index is 10.6. The molecule has 0 aromatic carbocycles. The minimum absolute atomic E-state index is 0.289. The number of ether oxygens (including phenoxy) is 1. The first-order chi connectivity index (χ1) is 7.09. The molecule has 1 heterocycles. The van der Waals surface area contributed by atoms with Crippen molar-refractivity contribution in [1.82, 2.24) is 4.90 Å². The third-order valence-electron chi connectivity index (χ3n) is 2.33. The molecule has 0 unspecified atom stereocenters. The number of carbonyl (C=O) groups is 2. The van der Waals surface area contributed by atoms with Crippen molar-refractivity contribution in [3.63, 3.8) is 0 Å². The second kappa shape index (κ2) is 5.38. The van der Waals surface area contributed by atoms with Gasteiger partial charge in [-0.05, 0) is 18.9 Å². The molecular weight excluding hydrogens is 198 g/mol. The lowest BCUT2D eigenvalue weighted by Crippen LogP contribution is -2.35. The largest absolute Gasteiger partial charge is 0.465 e. The minimum Gasteiger partial charge on any atom is -0.465 e. The molecule has 1 aliphatic heterocycles. The highest BCUT2D eigenvalue weighted by atomic mass is 16.5. The predicted molar refractivity (Wildman–Crippen MR) is 53.5 cm³/mol. The van der Waals surface area contributed by atoms with E-state index in [1.54, 1.807) is 0 Å². The number of likely N-dealkylation sites (tertiary alicyclic amines) is 1. The van der Waals surface area contributed by atoms with E-state index in [0.717, 1.165) is 18.4 Å². The van der Waals surface area contributed by atoms with Gasteiger partial charge in [-0.3, -0.25) is 4.79 Å². The molecule has 5 nitrogen and oxygen atoms in total. The van der Waals surface area contributed by atoms with E-state index in [-0.39, 0.29) is 12.6 Å². The number of amides is 1. The van der Waals surface area contributed by atoms with Gasteiger partial charge < -0.3 is 14.7 Å². The summed E-state index contributed by atoms with van der Waals surface area (Å²) in [4.78, 5) is 22.5. The summed E-state index contributed by atoms with van der Waals surface area (Å²) in [5, 5.41) is 8.71. The van der Waals surface area contributed by atoms with Gasteiger partial charge in [-0.2, -0.15) is 0 Å². The van der Waals surface area contributed by atoms with Crippen molar-refractivity contribution in [2.75, 3.05) is 19.7 Å². The van der Waals surface area contributed by atoms with Crippen LogP contribution in [0, 0.1) is 0 Å². The summed E-state index contributed by atoms with van der Waals surface area (Å²) < 4.78 is 4.77. The van der Waals surface area contributed by atoms with Crippen molar-refractivity contribution in [1.29, 1.82) is 0 Å². The fourth-order valence-electron chi connectivity index (χ4n) is 1.47. The van der Waals surface area contributed by atoms with Gasteiger partial charge in [0, 0.05) is 20.0 Å². The summed E-state index contributed by atoms with van der Waals surface area (Å²) in [6.07, 6.45) is 2.45. The lowest BCUT2D eigenvalue weighted by Gasteiger charge is -2.25. The Morgan fingerprint density at radius 1 is 1.47 bits per heavy atom. The summed E-state index contributed by atoms with van der Waals surface area (Å²) in [5.74, 6) is -0.296. The van der Waals surface area contributed by atoms with Crippen molar-refractivity contribution in [2.45, 2.75) is 19.8 Å². The van der Waals surface area contributed by atoms with E-state index in [4.69, 9.17) is 9.84 Å². The molecule has 0 atom stereocenters. The molecule has 0 saturated carbocycles. The van der Waals surface area contributed by atoms with Crippen LogP contribution in [0.15, 0.2) is 11.6 Å². The number of piperidine rings is 1. The van der Waals surface area contributed by atoms with Gasteiger partial charge in [0.05, 0.1) is 0 Å². The molecule has 1 fully saturated rings. The number of carbonyl (C=O) groups excluding carboxylic acids is 1. The summed E-state index contributed by atoms with van der Waals surface area (Å²) in [6.45, 7) is 2.71. The minimum atomic E-state index is -0.867. The second-order valence-electron chi connectivity index (χ2n) is 3.43. The fraction of sp³-hybridized carbons (Fsp3) is 0.600. The molecule has 0 spiro atoms. The molecule has 1 aliphatic rings. The van der Waals surface area contributed by atoms with Gasteiger partial charge in [-0.15, -0.1) is 0 Å². The highest BCUT2D eigenvalue weighted by Crippen LogP contribution is 2.15.